The molecule has 4 N–H and O–H groups in total. The van der Waals surface area contributed by atoms with Gasteiger partial charge in [-0.05, 0) is 25.0 Å². The summed E-state index contributed by atoms with van der Waals surface area (Å²) in [5, 5.41) is 12.1. The molecule has 1 saturated carbocycles. The van der Waals surface area contributed by atoms with E-state index in [1.54, 1.807) is 12.1 Å². The Bertz CT molecular complexity index is 483. The molecule has 6 nitrogen and oxygen atoms in total. The first kappa shape index (κ1) is 14.6. The van der Waals surface area contributed by atoms with Crippen LogP contribution in [0.1, 0.15) is 48.4 Å². The van der Waals surface area contributed by atoms with Crippen molar-refractivity contribution in [1.29, 1.82) is 0 Å². The summed E-state index contributed by atoms with van der Waals surface area (Å²) in [6, 6.07) is 2.87. The van der Waals surface area contributed by atoms with E-state index in [1.165, 1.54) is 0 Å². The lowest BCUT2D eigenvalue weighted by atomic mass is 9.95. The van der Waals surface area contributed by atoms with Crippen molar-refractivity contribution in [2.75, 3.05) is 0 Å². The van der Waals surface area contributed by atoms with Crippen molar-refractivity contribution < 1.29 is 19.1 Å². The average Bonchev–Trinajstić information content (AvgIpc) is 2.79. The number of carbonyl (C=O) groups excluding carboxylic acids is 1. The van der Waals surface area contributed by atoms with E-state index >= 15 is 0 Å². The van der Waals surface area contributed by atoms with Gasteiger partial charge in [0.15, 0.2) is 5.76 Å². The van der Waals surface area contributed by atoms with Crippen molar-refractivity contribution in [3.63, 3.8) is 0 Å². The third-order valence-electron chi connectivity index (χ3n) is 3.74. The molecule has 0 saturated heterocycles. The van der Waals surface area contributed by atoms with E-state index in [4.69, 9.17) is 10.2 Å². The number of carbonyl (C=O) groups is 2. The van der Waals surface area contributed by atoms with Gasteiger partial charge in [0.05, 0.1) is 12.5 Å². The molecular weight excluding hydrogens is 260 g/mol. The molecule has 1 amide bonds. The first-order valence-corrected chi connectivity index (χ1v) is 6.94. The molecule has 2 atom stereocenters. The van der Waals surface area contributed by atoms with Gasteiger partial charge in [-0.1, -0.05) is 19.3 Å². The van der Waals surface area contributed by atoms with Gasteiger partial charge in [-0.2, -0.15) is 0 Å². The summed E-state index contributed by atoms with van der Waals surface area (Å²) in [5.74, 6) is -1.03. The molecule has 1 aliphatic rings. The molecule has 6 heteroatoms. The highest BCUT2D eigenvalue weighted by molar-refractivity contribution is 5.92. The van der Waals surface area contributed by atoms with E-state index in [-0.39, 0.29) is 24.3 Å². The molecule has 0 aromatic carbocycles. The minimum atomic E-state index is -0.848. The SMILES string of the molecule is NCc1ccc(C(=O)NC2CCCCCC2C(=O)O)o1. The second-order valence-corrected chi connectivity index (χ2v) is 5.13. The Hall–Kier alpha value is -1.82. The van der Waals surface area contributed by atoms with Crippen LogP contribution in [0.15, 0.2) is 16.5 Å². The predicted octanol–water partition coefficient (Wildman–Crippen LogP) is 1.50. The van der Waals surface area contributed by atoms with Gasteiger partial charge in [-0.25, -0.2) is 0 Å². The highest BCUT2D eigenvalue weighted by atomic mass is 16.4. The fraction of sp³-hybridized carbons (Fsp3) is 0.571. The number of aliphatic carboxylic acids is 1. The summed E-state index contributed by atoms with van der Waals surface area (Å²) < 4.78 is 5.28. The normalized spacial score (nSPS) is 23.1. The topological polar surface area (TPSA) is 106 Å². The zero-order valence-electron chi connectivity index (χ0n) is 11.3. The number of hydrogen-bond acceptors (Lipinski definition) is 4. The smallest absolute Gasteiger partial charge is 0.308 e. The molecule has 1 aliphatic carbocycles. The van der Waals surface area contributed by atoms with E-state index < -0.39 is 11.9 Å². The number of hydrogen-bond donors (Lipinski definition) is 3. The first-order chi connectivity index (χ1) is 9.61. The molecule has 110 valence electrons. The maximum absolute atomic E-state index is 12.1. The van der Waals surface area contributed by atoms with Crippen molar-refractivity contribution >= 4 is 11.9 Å². The molecule has 1 aromatic heterocycles. The maximum Gasteiger partial charge on any atom is 0.308 e. The molecule has 0 radical (unpaired) electrons. The Morgan fingerprint density at radius 2 is 2.05 bits per heavy atom. The summed E-state index contributed by atoms with van der Waals surface area (Å²) in [6.45, 7) is 0.231. The van der Waals surface area contributed by atoms with Crippen LogP contribution in [0.5, 0.6) is 0 Å². The quantitative estimate of drug-likeness (QED) is 0.725. The molecular formula is C14H20N2O4. The van der Waals surface area contributed by atoms with Crippen molar-refractivity contribution in [3.8, 4) is 0 Å². The summed E-state index contributed by atoms with van der Waals surface area (Å²) >= 11 is 0. The number of furan rings is 1. The van der Waals surface area contributed by atoms with E-state index in [0.717, 1.165) is 19.3 Å². The molecule has 20 heavy (non-hydrogen) atoms. The molecule has 0 spiro atoms. The lowest BCUT2D eigenvalue weighted by molar-refractivity contribution is -0.142. The first-order valence-electron chi connectivity index (χ1n) is 6.94. The fourth-order valence-electron chi connectivity index (χ4n) is 2.63. The minimum Gasteiger partial charge on any atom is -0.481 e. The zero-order valence-corrected chi connectivity index (χ0v) is 11.3. The summed E-state index contributed by atoms with van der Waals surface area (Å²) in [6.07, 6.45) is 4.12. The number of carboxylic acids is 1. The third kappa shape index (κ3) is 3.39. The van der Waals surface area contributed by atoms with Gasteiger partial charge in [0.25, 0.3) is 5.91 Å². The van der Waals surface area contributed by atoms with Crippen LogP contribution >= 0.6 is 0 Å². The maximum atomic E-state index is 12.1. The second kappa shape index (κ2) is 6.56. The number of nitrogens with two attached hydrogens (primary N) is 1. The summed E-state index contributed by atoms with van der Waals surface area (Å²) in [5.41, 5.74) is 5.43. The van der Waals surface area contributed by atoms with Gasteiger partial charge in [-0.15, -0.1) is 0 Å². The van der Waals surface area contributed by atoms with Gasteiger partial charge in [0.2, 0.25) is 0 Å². The van der Waals surface area contributed by atoms with Crippen LogP contribution in [-0.4, -0.2) is 23.0 Å². The lowest BCUT2D eigenvalue weighted by Crippen LogP contribution is -2.42. The average molecular weight is 280 g/mol. The van der Waals surface area contributed by atoms with Crippen LogP contribution in [0, 0.1) is 5.92 Å². The van der Waals surface area contributed by atoms with Crippen molar-refractivity contribution in [1.82, 2.24) is 5.32 Å². The molecule has 1 heterocycles. The molecule has 2 rings (SSSR count). The van der Waals surface area contributed by atoms with Crippen LogP contribution in [0.25, 0.3) is 0 Å². The summed E-state index contributed by atoms with van der Waals surface area (Å²) in [4.78, 5) is 23.4. The van der Waals surface area contributed by atoms with Crippen LogP contribution < -0.4 is 11.1 Å². The highest BCUT2D eigenvalue weighted by Gasteiger charge is 2.31. The van der Waals surface area contributed by atoms with Crippen molar-refractivity contribution in [2.45, 2.75) is 44.7 Å². The van der Waals surface area contributed by atoms with E-state index in [2.05, 4.69) is 5.32 Å². The second-order valence-electron chi connectivity index (χ2n) is 5.13. The highest BCUT2D eigenvalue weighted by Crippen LogP contribution is 2.24. The Morgan fingerprint density at radius 3 is 2.70 bits per heavy atom. The molecule has 1 fully saturated rings. The number of rotatable bonds is 4. The number of carboxylic acid groups (broad SMARTS) is 1. The van der Waals surface area contributed by atoms with Crippen LogP contribution in [0.2, 0.25) is 0 Å². The van der Waals surface area contributed by atoms with E-state index in [1.807, 2.05) is 0 Å². The summed E-state index contributed by atoms with van der Waals surface area (Å²) in [7, 11) is 0. The van der Waals surface area contributed by atoms with Crippen molar-refractivity contribution in [3.05, 3.63) is 23.7 Å². The van der Waals surface area contributed by atoms with Crippen molar-refractivity contribution in [2.24, 2.45) is 11.7 Å². The predicted molar refractivity (Wildman–Crippen MR) is 72.1 cm³/mol. The molecule has 2 unspecified atom stereocenters. The monoisotopic (exact) mass is 280 g/mol. The third-order valence-corrected chi connectivity index (χ3v) is 3.74. The Kier molecular flexibility index (Phi) is 4.79. The number of amides is 1. The molecule has 0 bridgehead atoms. The largest absolute Gasteiger partial charge is 0.481 e. The lowest BCUT2D eigenvalue weighted by Gasteiger charge is -2.22. The molecule has 1 aromatic rings. The van der Waals surface area contributed by atoms with Gasteiger partial charge in [0, 0.05) is 6.04 Å². The van der Waals surface area contributed by atoms with E-state index in [9.17, 15) is 14.7 Å². The van der Waals surface area contributed by atoms with Crippen LogP contribution in [-0.2, 0) is 11.3 Å². The Labute approximate surface area is 117 Å². The van der Waals surface area contributed by atoms with Crippen LogP contribution in [0.4, 0.5) is 0 Å². The molecule has 0 aliphatic heterocycles. The van der Waals surface area contributed by atoms with Gasteiger partial charge < -0.3 is 20.6 Å². The fourth-order valence-corrected chi connectivity index (χ4v) is 2.63. The Morgan fingerprint density at radius 1 is 1.30 bits per heavy atom. The standard InChI is InChI=1S/C14H20N2O4/c15-8-9-6-7-12(20-9)13(17)16-11-5-3-1-2-4-10(11)14(18)19/h6-7,10-11H,1-5,8,15H2,(H,16,17)(H,18,19). The zero-order chi connectivity index (χ0) is 14.5. The van der Waals surface area contributed by atoms with E-state index in [0.29, 0.717) is 18.6 Å². The van der Waals surface area contributed by atoms with Gasteiger partial charge >= 0.3 is 5.97 Å². The van der Waals surface area contributed by atoms with Crippen LogP contribution in [0.3, 0.4) is 0 Å². The Balaban J connectivity index is 2.05. The van der Waals surface area contributed by atoms with Gasteiger partial charge in [0.1, 0.15) is 5.76 Å². The van der Waals surface area contributed by atoms with Gasteiger partial charge in [-0.3, -0.25) is 9.59 Å². The number of nitrogens with one attached hydrogen (secondary N) is 1. The minimum absolute atomic E-state index is 0.179.